The fraction of sp³-hybridized carbons (Fsp3) is 0.160. The average molecular weight is 492 g/mol. The molecular formula is C25H21N3O6S. The zero-order valence-electron chi connectivity index (χ0n) is 18.9. The van der Waals surface area contributed by atoms with Gasteiger partial charge >= 0.3 is 5.97 Å². The number of hydrogen-bond donors (Lipinski definition) is 2. The summed E-state index contributed by atoms with van der Waals surface area (Å²) < 4.78 is 5.09. The van der Waals surface area contributed by atoms with E-state index in [1.165, 1.54) is 48.6 Å². The largest absolute Gasteiger partial charge is 0.452 e. The Morgan fingerprint density at radius 1 is 1.00 bits per heavy atom. The van der Waals surface area contributed by atoms with Crippen molar-refractivity contribution in [1.82, 2.24) is 5.32 Å². The predicted molar refractivity (Wildman–Crippen MR) is 129 cm³/mol. The summed E-state index contributed by atoms with van der Waals surface area (Å²) >= 11 is 1.50. The fourth-order valence-corrected chi connectivity index (χ4v) is 4.34. The zero-order valence-corrected chi connectivity index (χ0v) is 19.7. The number of esters is 1. The topological polar surface area (TPSA) is 122 Å². The Hall–Kier alpha value is -4.31. The van der Waals surface area contributed by atoms with Crippen LogP contribution in [0.5, 0.6) is 0 Å². The van der Waals surface area contributed by atoms with Crippen molar-refractivity contribution in [2.24, 2.45) is 0 Å². The van der Waals surface area contributed by atoms with E-state index in [0.29, 0.717) is 11.4 Å². The number of benzene rings is 2. The summed E-state index contributed by atoms with van der Waals surface area (Å²) in [5.41, 5.74) is 1.11. The zero-order chi connectivity index (χ0) is 25.1. The number of carbonyl (C=O) groups is 5. The molecule has 1 unspecified atom stereocenters. The van der Waals surface area contributed by atoms with E-state index in [0.717, 1.165) is 9.78 Å². The number of anilines is 2. The van der Waals surface area contributed by atoms with Gasteiger partial charge in [0.1, 0.15) is 0 Å². The molecule has 1 aliphatic heterocycles. The van der Waals surface area contributed by atoms with E-state index < -0.39 is 30.3 Å². The number of amides is 4. The lowest BCUT2D eigenvalue weighted by atomic mass is 10.1. The highest BCUT2D eigenvalue weighted by Gasteiger charge is 2.37. The van der Waals surface area contributed by atoms with E-state index in [1.54, 1.807) is 12.1 Å². The lowest BCUT2D eigenvalue weighted by molar-refractivity contribution is -0.124. The van der Waals surface area contributed by atoms with Crippen LogP contribution in [0.2, 0.25) is 0 Å². The maximum Gasteiger partial charge on any atom is 0.338 e. The van der Waals surface area contributed by atoms with Gasteiger partial charge in [0, 0.05) is 17.5 Å². The Bertz CT molecular complexity index is 1320. The van der Waals surface area contributed by atoms with Crippen molar-refractivity contribution in [1.29, 1.82) is 0 Å². The molecule has 1 atom stereocenters. The molecule has 0 saturated carbocycles. The molecular weight excluding hydrogens is 470 g/mol. The van der Waals surface area contributed by atoms with Gasteiger partial charge in [-0.15, -0.1) is 11.3 Å². The molecule has 1 aromatic heterocycles. The second kappa shape index (κ2) is 9.90. The van der Waals surface area contributed by atoms with Crippen molar-refractivity contribution in [2.75, 3.05) is 16.8 Å². The third-order valence-corrected chi connectivity index (χ3v) is 6.30. The molecule has 0 aliphatic carbocycles. The molecule has 4 rings (SSSR count). The van der Waals surface area contributed by atoms with Crippen LogP contribution in [0.4, 0.5) is 11.4 Å². The molecule has 0 fully saturated rings. The maximum atomic E-state index is 13.0. The molecule has 10 heteroatoms. The van der Waals surface area contributed by atoms with Crippen molar-refractivity contribution < 1.29 is 28.7 Å². The van der Waals surface area contributed by atoms with Crippen LogP contribution < -0.4 is 15.5 Å². The minimum atomic E-state index is -0.787. The Balaban J connectivity index is 1.42. The number of ether oxygens (including phenoxy) is 1. The van der Waals surface area contributed by atoms with E-state index in [2.05, 4.69) is 10.6 Å². The summed E-state index contributed by atoms with van der Waals surface area (Å²) in [5.74, 6) is -2.60. The van der Waals surface area contributed by atoms with Gasteiger partial charge in [-0.25, -0.2) is 9.69 Å². The van der Waals surface area contributed by atoms with E-state index in [-0.39, 0.29) is 28.6 Å². The van der Waals surface area contributed by atoms with Crippen LogP contribution in [-0.2, 0) is 14.3 Å². The minimum Gasteiger partial charge on any atom is -0.452 e. The Kier molecular flexibility index (Phi) is 6.74. The highest BCUT2D eigenvalue weighted by atomic mass is 32.1. The van der Waals surface area contributed by atoms with Gasteiger partial charge < -0.3 is 15.4 Å². The Labute approximate surface area is 204 Å². The number of thiophene rings is 1. The first-order valence-electron chi connectivity index (χ1n) is 10.6. The van der Waals surface area contributed by atoms with Crippen LogP contribution in [0.15, 0.2) is 60.0 Å². The Morgan fingerprint density at radius 3 is 2.37 bits per heavy atom. The van der Waals surface area contributed by atoms with Crippen LogP contribution in [0.3, 0.4) is 0 Å². The summed E-state index contributed by atoms with van der Waals surface area (Å²) in [6.07, 6.45) is 0. The highest BCUT2D eigenvalue weighted by molar-refractivity contribution is 7.10. The average Bonchev–Trinajstić information content (AvgIpc) is 3.45. The van der Waals surface area contributed by atoms with E-state index in [9.17, 15) is 24.0 Å². The van der Waals surface area contributed by atoms with Gasteiger partial charge in [-0.1, -0.05) is 6.07 Å². The molecule has 0 saturated heterocycles. The van der Waals surface area contributed by atoms with Gasteiger partial charge in [-0.2, -0.15) is 0 Å². The van der Waals surface area contributed by atoms with Gasteiger partial charge in [0.2, 0.25) is 5.91 Å². The van der Waals surface area contributed by atoms with Crippen LogP contribution in [0.25, 0.3) is 0 Å². The molecule has 2 heterocycles. The molecule has 9 nitrogen and oxygen atoms in total. The number of hydrogen-bond acceptors (Lipinski definition) is 7. The number of imide groups is 1. The molecule has 4 amide bonds. The number of nitrogens with one attached hydrogen (secondary N) is 2. The normalized spacial score (nSPS) is 13.3. The first-order valence-corrected chi connectivity index (χ1v) is 11.5. The van der Waals surface area contributed by atoms with Gasteiger partial charge in [0.25, 0.3) is 17.7 Å². The predicted octanol–water partition coefficient (Wildman–Crippen LogP) is 3.54. The molecule has 1 aliphatic rings. The van der Waals surface area contributed by atoms with Crippen LogP contribution >= 0.6 is 11.3 Å². The summed E-state index contributed by atoms with van der Waals surface area (Å²) in [7, 11) is 0. The summed E-state index contributed by atoms with van der Waals surface area (Å²) in [6, 6.07) is 13.8. The van der Waals surface area contributed by atoms with E-state index >= 15 is 0 Å². The summed E-state index contributed by atoms with van der Waals surface area (Å²) in [5, 5.41) is 7.26. The first-order chi connectivity index (χ1) is 16.7. The highest BCUT2D eigenvalue weighted by Crippen LogP contribution is 2.30. The van der Waals surface area contributed by atoms with Gasteiger partial charge in [-0.3, -0.25) is 19.2 Å². The molecule has 3 aromatic rings. The second-order valence-corrected chi connectivity index (χ2v) is 8.79. The second-order valence-electron chi connectivity index (χ2n) is 7.81. The van der Waals surface area contributed by atoms with Gasteiger partial charge in [0.15, 0.2) is 6.61 Å². The van der Waals surface area contributed by atoms with Crippen molar-refractivity contribution in [3.63, 3.8) is 0 Å². The summed E-state index contributed by atoms with van der Waals surface area (Å²) in [4.78, 5) is 63.6. The van der Waals surface area contributed by atoms with E-state index in [1.807, 2.05) is 24.4 Å². The number of fused-ring (bicyclic) bond motifs is 1. The monoisotopic (exact) mass is 491 g/mol. The standard InChI is InChI=1S/C25H21N3O6S/c1-14(21-4-3-11-35-21)26-22(30)13-34-25(33)16-5-10-19-20(12-16)24(32)28(23(19)31)18-8-6-17(7-9-18)27-15(2)29/h3-12,14H,13H2,1-2H3,(H,26,30)(H,27,29). The fourth-order valence-electron chi connectivity index (χ4n) is 3.61. The van der Waals surface area contributed by atoms with E-state index in [4.69, 9.17) is 4.74 Å². The van der Waals surface area contributed by atoms with Crippen LogP contribution in [-0.4, -0.2) is 36.2 Å². The molecule has 0 radical (unpaired) electrons. The molecule has 0 bridgehead atoms. The smallest absolute Gasteiger partial charge is 0.338 e. The summed E-state index contributed by atoms with van der Waals surface area (Å²) in [6.45, 7) is 2.72. The third kappa shape index (κ3) is 5.12. The van der Waals surface area contributed by atoms with Gasteiger partial charge in [0.05, 0.1) is 28.4 Å². The molecule has 178 valence electrons. The lowest BCUT2D eigenvalue weighted by Gasteiger charge is -2.14. The third-order valence-electron chi connectivity index (χ3n) is 5.25. The Morgan fingerprint density at radius 2 is 1.71 bits per heavy atom. The molecule has 2 N–H and O–H groups in total. The maximum absolute atomic E-state index is 13.0. The number of carbonyl (C=O) groups excluding carboxylic acids is 5. The van der Waals surface area contributed by atoms with Gasteiger partial charge in [-0.05, 0) is 60.8 Å². The molecule has 35 heavy (non-hydrogen) atoms. The quantitative estimate of drug-likeness (QED) is 0.385. The van der Waals surface area contributed by atoms with Crippen molar-refractivity contribution >= 4 is 52.3 Å². The lowest BCUT2D eigenvalue weighted by Crippen LogP contribution is -2.30. The SMILES string of the molecule is CC(=O)Nc1ccc(N2C(=O)c3ccc(C(=O)OCC(=O)NC(C)c4cccs4)cc3C2=O)cc1. The van der Waals surface area contributed by atoms with Crippen molar-refractivity contribution in [3.8, 4) is 0 Å². The van der Waals surface area contributed by atoms with Crippen molar-refractivity contribution in [3.05, 3.63) is 81.5 Å². The van der Waals surface area contributed by atoms with Crippen LogP contribution in [0.1, 0.15) is 55.8 Å². The van der Waals surface area contributed by atoms with Crippen molar-refractivity contribution in [2.45, 2.75) is 19.9 Å². The first kappa shape index (κ1) is 23.8. The molecule has 0 spiro atoms. The minimum absolute atomic E-state index is 0.0480. The number of rotatable bonds is 7. The van der Waals surface area contributed by atoms with Crippen LogP contribution in [0, 0.1) is 0 Å². The number of nitrogens with zero attached hydrogens (tertiary/aromatic N) is 1. The molecule has 2 aromatic carbocycles.